The molecule has 0 aliphatic heterocycles. The van der Waals surface area contributed by atoms with Crippen molar-refractivity contribution in [1.82, 2.24) is 5.32 Å². The van der Waals surface area contributed by atoms with Crippen LogP contribution in [0.3, 0.4) is 0 Å². The molecule has 3 nitrogen and oxygen atoms in total. The quantitative estimate of drug-likeness (QED) is 0.837. The van der Waals surface area contributed by atoms with Gasteiger partial charge in [-0.25, -0.2) is 0 Å². The summed E-state index contributed by atoms with van der Waals surface area (Å²) in [6.07, 6.45) is 4.10. The SMILES string of the molecule is COc1cccc(C(O)CCNC2CC(C)CC(C)(C)C2)c1. The van der Waals surface area contributed by atoms with Crippen LogP contribution in [0.2, 0.25) is 0 Å². The van der Waals surface area contributed by atoms with Crippen molar-refractivity contribution < 1.29 is 9.84 Å². The number of hydrogen-bond donors (Lipinski definition) is 2. The molecule has 0 heterocycles. The predicted molar refractivity (Wildman–Crippen MR) is 91.2 cm³/mol. The van der Waals surface area contributed by atoms with Crippen molar-refractivity contribution in [2.45, 2.75) is 58.6 Å². The number of ether oxygens (including phenoxy) is 1. The van der Waals surface area contributed by atoms with Gasteiger partial charge in [-0.2, -0.15) is 0 Å². The second-order valence-electron chi connectivity index (χ2n) is 7.65. The lowest BCUT2D eigenvalue weighted by Crippen LogP contribution is -2.40. The molecule has 0 saturated heterocycles. The Morgan fingerprint density at radius 2 is 2.14 bits per heavy atom. The van der Waals surface area contributed by atoms with Gasteiger partial charge in [0.2, 0.25) is 0 Å². The van der Waals surface area contributed by atoms with Gasteiger partial charge >= 0.3 is 0 Å². The molecule has 3 atom stereocenters. The van der Waals surface area contributed by atoms with Crippen molar-refractivity contribution >= 4 is 0 Å². The summed E-state index contributed by atoms with van der Waals surface area (Å²) in [6.45, 7) is 7.93. The van der Waals surface area contributed by atoms with Crippen LogP contribution < -0.4 is 10.1 Å². The van der Waals surface area contributed by atoms with E-state index in [1.165, 1.54) is 19.3 Å². The lowest BCUT2D eigenvalue weighted by atomic mass is 9.70. The third-order valence-electron chi connectivity index (χ3n) is 4.72. The Morgan fingerprint density at radius 3 is 2.82 bits per heavy atom. The third-order valence-corrected chi connectivity index (χ3v) is 4.72. The van der Waals surface area contributed by atoms with Crippen molar-refractivity contribution in [3.05, 3.63) is 29.8 Å². The molecule has 0 aromatic heterocycles. The molecular formula is C19H31NO2. The first-order chi connectivity index (χ1) is 10.4. The second-order valence-corrected chi connectivity index (χ2v) is 7.65. The van der Waals surface area contributed by atoms with E-state index in [2.05, 4.69) is 26.1 Å². The lowest BCUT2D eigenvalue weighted by Gasteiger charge is -2.39. The fraction of sp³-hybridized carbons (Fsp3) is 0.684. The molecule has 1 fully saturated rings. The molecule has 124 valence electrons. The van der Waals surface area contributed by atoms with Gasteiger partial charge in [0.1, 0.15) is 5.75 Å². The Hall–Kier alpha value is -1.06. The van der Waals surface area contributed by atoms with E-state index in [0.29, 0.717) is 11.5 Å². The maximum Gasteiger partial charge on any atom is 0.119 e. The van der Waals surface area contributed by atoms with Crippen LogP contribution in [0, 0.1) is 11.3 Å². The van der Waals surface area contributed by atoms with Crippen LogP contribution in [0.25, 0.3) is 0 Å². The van der Waals surface area contributed by atoms with Gasteiger partial charge in [-0.1, -0.05) is 32.9 Å². The summed E-state index contributed by atoms with van der Waals surface area (Å²) in [5.74, 6) is 1.58. The number of methoxy groups -OCH3 is 1. The van der Waals surface area contributed by atoms with E-state index in [4.69, 9.17) is 4.74 Å². The number of benzene rings is 1. The van der Waals surface area contributed by atoms with Crippen molar-refractivity contribution in [2.75, 3.05) is 13.7 Å². The standard InChI is InChI=1S/C19H31NO2/c1-14-10-16(13-19(2,3)12-14)20-9-8-18(21)15-6-5-7-17(11-15)22-4/h5-7,11,14,16,18,20-21H,8-10,12-13H2,1-4H3. The molecule has 1 aromatic carbocycles. The average Bonchev–Trinajstić information content (AvgIpc) is 2.45. The van der Waals surface area contributed by atoms with Crippen molar-refractivity contribution in [3.63, 3.8) is 0 Å². The smallest absolute Gasteiger partial charge is 0.119 e. The van der Waals surface area contributed by atoms with Crippen LogP contribution in [-0.2, 0) is 0 Å². The van der Waals surface area contributed by atoms with Gasteiger partial charge < -0.3 is 15.2 Å². The first kappa shape index (κ1) is 17.3. The van der Waals surface area contributed by atoms with E-state index in [0.717, 1.165) is 30.2 Å². The van der Waals surface area contributed by atoms with Crippen LogP contribution in [0.15, 0.2) is 24.3 Å². The van der Waals surface area contributed by atoms with Gasteiger partial charge in [0.25, 0.3) is 0 Å². The Kier molecular flexibility index (Phi) is 5.87. The number of hydrogen-bond acceptors (Lipinski definition) is 3. The summed E-state index contributed by atoms with van der Waals surface area (Å²) in [5, 5.41) is 14.0. The predicted octanol–water partition coefficient (Wildman–Crippen LogP) is 3.92. The highest BCUT2D eigenvalue weighted by molar-refractivity contribution is 5.29. The zero-order valence-corrected chi connectivity index (χ0v) is 14.4. The fourth-order valence-electron chi connectivity index (χ4n) is 3.94. The van der Waals surface area contributed by atoms with Gasteiger partial charge in [0.15, 0.2) is 0 Å². The zero-order valence-electron chi connectivity index (χ0n) is 14.4. The van der Waals surface area contributed by atoms with Gasteiger partial charge in [-0.05, 0) is 61.3 Å². The topological polar surface area (TPSA) is 41.5 Å². The Labute approximate surface area is 135 Å². The molecule has 1 aliphatic carbocycles. The summed E-state index contributed by atoms with van der Waals surface area (Å²) in [5.41, 5.74) is 1.36. The molecule has 1 aliphatic rings. The highest BCUT2D eigenvalue weighted by atomic mass is 16.5. The molecule has 2 N–H and O–H groups in total. The number of aliphatic hydroxyl groups is 1. The molecular weight excluding hydrogens is 274 g/mol. The van der Waals surface area contributed by atoms with E-state index >= 15 is 0 Å². The molecule has 22 heavy (non-hydrogen) atoms. The zero-order chi connectivity index (χ0) is 16.2. The molecule has 0 spiro atoms. The van der Waals surface area contributed by atoms with E-state index < -0.39 is 6.10 Å². The van der Waals surface area contributed by atoms with Gasteiger partial charge in [-0.15, -0.1) is 0 Å². The monoisotopic (exact) mass is 305 g/mol. The van der Waals surface area contributed by atoms with Crippen molar-refractivity contribution in [3.8, 4) is 5.75 Å². The van der Waals surface area contributed by atoms with Gasteiger partial charge in [0.05, 0.1) is 13.2 Å². The van der Waals surface area contributed by atoms with Crippen LogP contribution >= 0.6 is 0 Å². The normalized spacial score (nSPS) is 25.7. The number of aliphatic hydroxyl groups excluding tert-OH is 1. The molecule has 0 bridgehead atoms. The third kappa shape index (κ3) is 4.99. The first-order valence-corrected chi connectivity index (χ1v) is 8.45. The van der Waals surface area contributed by atoms with Gasteiger partial charge in [-0.3, -0.25) is 0 Å². The fourth-order valence-corrected chi connectivity index (χ4v) is 3.94. The summed E-state index contributed by atoms with van der Waals surface area (Å²) < 4.78 is 5.21. The summed E-state index contributed by atoms with van der Waals surface area (Å²) in [4.78, 5) is 0. The average molecular weight is 305 g/mol. The van der Waals surface area contributed by atoms with Crippen LogP contribution in [0.1, 0.15) is 58.1 Å². The summed E-state index contributed by atoms with van der Waals surface area (Å²) in [7, 11) is 1.65. The molecule has 0 radical (unpaired) electrons. The minimum atomic E-state index is -0.434. The molecule has 1 aromatic rings. The Bertz CT molecular complexity index is 472. The molecule has 3 unspecified atom stereocenters. The first-order valence-electron chi connectivity index (χ1n) is 8.45. The summed E-state index contributed by atoms with van der Waals surface area (Å²) in [6, 6.07) is 8.28. The molecule has 3 heteroatoms. The lowest BCUT2D eigenvalue weighted by molar-refractivity contribution is 0.138. The minimum absolute atomic E-state index is 0.431. The van der Waals surface area contributed by atoms with E-state index in [1.807, 2.05) is 24.3 Å². The maximum absolute atomic E-state index is 10.3. The minimum Gasteiger partial charge on any atom is -0.497 e. The molecule has 1 saturated carbocycles. The highest BCUT2D eigenvalue weighted by Gasteiger charge is 2.31. The molecule has 2 rings (SSSR count). The maximum atomic E-state index is 10.3. The van der Waals surface area contributed by atoms with E-state index in [-0.39, 0.29) is 0 Å². The van der Waals surface area contributed by atoms with E-state index in [1.54, 1.807) is 7.11 Å². The van der Waals surface area contributed by atoms with Crippen molar-refractivity contribution in [1.29, 1.82) is 0 Å². The van der Waals surface area contributed by atoms with E-state index in [9.17, 15) is 5.11 Å². The van der Waals surface area contributed by atoms with Gasteiger partial charge in [0, 0.05) is 6.04 Å². The highest BCUT2D eigenvalue weighted by Crippen LogP contribution is 2.38. The largest absolute Gasteiger partial charge is 0.497 e. The van der Waals surface area contributed by atoms with Crippen LogP contribution in [-0.4, -0.2) is 24.8 Å². The Balaban J connectivity index is 1.80. The van der Waals surface area contributed by atoms with Crippen LogP contribution in [0.4, 0.5) is 0 Å². The number of nitrogens with one attached hydrogen (secondary N) is 1. The Morgan fingerprint density at radius 1 is 1.36 bits per heavy atom. The summed E-state index contributed by atoms with van der Waals surface area (Å²) >= 11 is 0. The van der Waals surface area contributed by atoms with Crippen molar-refractivity contribution in [2.24, 2.45) is 11.3 Å². The van der Waals surface area contributed by atoms with Crippen LogP contribution in [0.5, 0.6) is 5.75 Å². The molecule has 0 amide bonds. The number of rotatable bonds is 6. The second kappa shape index (κ2) is 7.47.